The summed E-state index contributed by atoms with van der Waals surface area (Å²) in [4.78, 5) is 21.3. The number of carbonyl (C=O) groups is 2. The molecule has 0 aliphatic carbocycles. The topological polar surface area (TPSA) is 125 Å². The lowest BCUT2D eigenvalue weighted by molar-refractivity contribution is -0.137. The third kappa shape index (κ3) is 5.30. The van der Waals surface area contributed by atoms with Gasteiger partial charge >= 0.3 is 12.0 Å². The zero-order chi connectivity index (χ0) is 16.8. The van der Waals surface area contributed by atoms with Crippen LogP contribution in [0, 0.1) is 5.82 Å². The second-order valence-electron chi connectivity index (χ2n) is 4.23. The second-order valence-corrected chi connectivity index (χ2v) is 6.09. The van der Waals surface area contributed by atoms with Crippen molar-refractivity contribution >= 4 is 27.7 Å². The van der Waals surface area contributed by atoms with Gasteiger partial charge in [0.15, 0.2) is 0 Å². The lowest BCUT2D eigenvalue weighted by atomic mass is 10.3. The number of carboxylic acid groups (broad SMARTS) is 1. The minimum absolute atomic E-state index is 0.0820. The summed E-state index contributed by atoms with van der Waals surface area (Å²) >= 11 is 0. The maximum atomic E-state index is 13.5. The van der Waals surface area contributed by atoms with Gasteiger partial charge in [-0.1, -0.05) is 0 Å². The third-order valence-electron chi connectivity index (χ3n) is 2.60. The highest BCUT2D eigenvalue weighted by Gasteiger charge is 2.18. The van der Waals surface area contributed by atoms with Gasteiger partial charge in [0.05, 0.1) is 0 Å². The summed E-state index contributed by atoms with van der Waals surface area (Å²) in [6.07, 6.45) is 0.174. The third-order valence-corrected chi connectivity index (χ3v) is 4.03. The summed E-state index contributed by atoms with van der Waals surface area (Å²) in [6.45, 7) is 0.140. The molecule has 0 atom stereocenters. The molecule has 10 heteroatoms. The smallest absolute Gasteiger partial charge is 0.319 e. The molecule has 122 valence electrons. The van der Waals surface area contributed by atoms with Gasteiger partial charge in [0.25, 0.3) is 0 Å². The van der Waals surface area contributed by atoms with Crippen LogP contribution in [0.1, 0.15) is 12.8 Å². The number of amides is 2. The lowest BCUT2D eigenvalue weighted by Gasteiger charge is -2.09. The predicted octanol–water partition coefficient (Wildman–Crippen LogP) is 0.720. The fourth-order valence-electron chi connectivity index (χ4n) is 1.51. The molecule has 4 N–H and O–H groups in total. The normalized spacial score (nSPS) is 11.0. The minimum Gasteiger partial charge on any atom is -0.481 e. The van der Waals surface area contributed by atoms with Crippen molar-refractivity contribution in [2.24, 2.45) is 0 Å². The number of sulfonamides is 1. The second kappa shape index (κ2) is 7.71. The van der Waals surface area contributed by atoms with Crippen molar-refractivity contribution in [3.8, 4) is 0 Å². The van der Waals surface area contributed by atoms with Crippen molar-refractivity contribution in [2.45, 2.75) is 17.7 Å². The van der Waals surface area contributed by atoms with E-state index in [-0.39, 0.29) is 25.1 Å². The standard InChI is InChI=1S/C12H16FN3O5S/c1-14-22(20,21)10-7-8(4-5-9(10)13)16-12(19)15-6-2-3-11(17)18/h4-5,7,14H,2-3,6H2,1H3,(H,17,18)(H2,15,16,19). The van der Waals surface area contributed by atoms with Crippen molar-refractivity contribution in [1.29, 1.82) is 0 Å². The van der Waals surface area contributed by atoms with Crippen LogP contribution < -0.4 is 15.4 Å². The van der Waals surface area contributed by atoms with Crippen LogP contribution in [0.3, 0.4) is 0 Å². The fraction of sp³-hybridized carbons (Fsp3) is 0.333. The molecule has 1 aromatic carbocycles. The van der Waals surface area contributed by atoms with E-state index in [2.05, 4.69) is 10.6 Å². The van der Waals surface area contributed by atoms with Crippen LogP contribution in [0.4, 0.5) is 14.9 Å². The molecule has 1 aromatic rings. The molecule has 0 fully saturated rings. The van der Waals surface area contributed by atoms with Gasteiger partial charge in [-0.3, -0.25) is 4.79 Å². The van der Waals surface area contributed by atoms with Crippen LogP contribution in [0.25, 0.3) is 0 Å². The molecule has 0 saturated heterocycles. The molecule has 0 aliphatic rings. The molecule has 0 heterocycles. The maximum absolute atomic E-state index is 13.5. The number of hydrogen-bond acceptors (Lipinski definition) is 4. The summed E-state index contributed by atoms with van der Waals surface area (Å²) in [5.41, 5.74) is 0.0889. The molecule has 0 radical (unpaired) electrons. The van der Waals surface area contributed by atoms with Gasteiger partial charge in [-0.25, -0.2) is 22.3 Å². The highest BCUT2D eigenvalue weighted by atomic mass is 32.2. The minimum atomic E-state index is -3.98. The number of benzene rings is 1. The molecular formula is C12H16FN3O5S. The quantitative estimate of drug-likeness (QED) is 0.547. The zero-order valence-corrected chi connectivity index (χ0v) is 12.5. The van der Waals surface area contributed by atoms with E-state index >= 15 is 0 Å². The Morgan fingerprint density at radius 2 is 2.00 bits per heavy atom. The number of hydrogen-bond donors (Lipinski definition) is 4. The Hall–Kier alpha value is -2.20. The summed E-state index contributed by atoms with van der Waals surface area (Å²) in [6, 6.07) is 2.47. The van der Waals surface area contributed by atoms with E-state index in [9.17, 15) is 22.4 Å². The number of urea groups is 1. The van der Waals surface area contributed by atoms with Crippen LogP contribution in [-0.4, -0.2) is 39.1 Å². The molecule has 0 spiro atoms. The van der Waals surface area contributed by atoms with E-state index < -0.39 is 32.7 Å². The zero-order valence-electron chi connectivity index (χ0n) is 11.7. The molecular weight excluding hydrogens is 317 g/mol. The molecule has 0 saturated carbocycles. The number of carbonyl (C=O) groups excluding carboxylic acids is 1. The lowest BCUT2D eigenvalue weighted by Crippen LogP contribution is -2.30. The van der Waals surface area contributed by atoms with Gasteiger partial charge in [-0.15, -0.1) is 0 Å². The summed E-state index contributed by atoms with van der Waals surface area (Å²) < 4.78 is 38.7. The number of carboxylic acids is 1. The van der Waals surface area contributed by atoms with Crippen LogP contribution in [0.5, 0.6) is 0 Å². The monoisotopic (exact) mass is 333 g/mol. The van der Waals surface area contributed by atoms with Gasteiger partial charge in [0.1, 0.15) is 10.7 Å². The molecule has 8 nitrogen and oxygen atoms in total. The molecule has 0 bridgehead atoms. The summed E-state index contributed by atoms with van der Waals surface area (Å²) in [5.74, 6) is -1.91. The number of aliphatic carboxylic acids is 1. The molecule has 0 aliphatic heterocycles. The molecule has 1 rings (SSSR count). The van der Waals surface area contributed by atoms with Crippen molar-refractivity contribution in [1.82, 2.24) is 10.0 Å². The maximum Gasteiger partial charge on any atom is 0.319 e. The Kier molecular flexibility index (Phi) is 6.25. The Bertz CT molecular complexity index is 663. The van der Waals surface area contributed by atoms with Crippen LogP contribution in [0.15, 0.2) is 23.1 Å². The van der Waals surface area contributed by atoms with Gasteiger partial charge in [0.2, 0.25) is 10.0 Å². The number of rotatable bonds is 7. The highest BCUT2D eigenvalue weighted by Crippen LogP contribution is 2.19. The predicted molar refractivity (Wildman–Crippen MR) is 76.5 cm³/mol. The van der Waals surface area contributed by atoms with E-state index in [1.165, 1.54) is 6.07 Å². The largest absolute Gasteiger partial charge is 0.481 e. The van der Waals surface area contributed by atoms with E-state index in [0.29, 0.717) is 0 Å². The number of nitrogens with one attached hydrogen (secondary N) is 3. The molecule has 0 unspecified atom stereocenters. The first-order valence-electron chi connectivity index (χ1n) is 6.26. The Labute approximate surface area is 126 Å². The van der Waals surface area contributed by atoms with E-state index in [1.807, 2.05) is 4.72 Å². The number of anilines is 1. The van der Waals surface area contributed by atoms with Crippen molar-refractivity contribution in [3.63, 3.8) is 0 Å². The average Bonchev–Trinajstić information content (AvgIpc) is 2.45. The Balaban J connectivity index is 2.69. The molecule has 22 heavy (non-hydrogen) atoms. The summed E-state index contributed by atoms with van der Waals surface area (Å²) in [7, 11) is -2.84. The first kappa shape index (κ1) is 17.9. The van der Waals surface area contributed by atoms with Gasteiger partial charge < -0.3 is 15.7 Å². The molecule has 2 amide bonds. The van der Waals surface area contributed by atoms with E-state index in [4.69, 9.17) is 5.11 Å². The SMILES string of the molecule is CNS(=O)(=O)c1cc(NC(=O)NCCCC(=O)O)ccc1F. The highest BCUT2D eigenvalue weighted by molar-refractivity contribution is 7.89. The summed E-state index contributed by atoms with van der Waals surface area (Å²) in [5, 5.41) is 13.2. The van der Waals surface area contributed by atoms with Crippen LogP contribution >= 0.6 is 0 Å². The Morgan fingerprint density at radius 1 is 1.32 bits per heavy atom. The van der Waals surface area contributed by atoms with E-state index in [1.54, 1.807) is 0 Å². The van der Waals surface area contributed by atoms with Gasteiger partial charge in [-0.2, -0.15) is 0 Å². The first-order valence-corrected chi connectivity index (χ1v) is 7.74. The molecule has 0 aromatic heterocycles. The van der Waals surface area contributed by atoms with Crippen molar-refractivity contribution < 1.29 is 27.5 Å². The number of halogens is 1. The van der Waals surface area contributed by atoms with Crippen molar-refractivity contribution in [3.05, 3.63) is 24.0 Å². The van der Waals surface area contributed by atoms with E-state index in [0.717, 1.165) is 19.2 Å². The fourth-order valence-corrected chi connectivity index (χ4v) is 2.34. The van der Waals surface area contributed by atoms with Crippen LogP contribution in [0.2, 0.25) is 0 Å². The Morgan fingerprint density at radius 3 is 2.59 bits per heavy atom. The first-order chi connectivity index (χ1) is 10.3. The average molecular weight is 333 g/mol. The van der Waals surface area contributed by atoms with Crippen molar-refractivity contribution in [2.75, 3.05) is 18.9 Å². The van der Waals surface area contributed by atoms with Gasteiger partial charge in [0, 0.05) is 18.7 Å². The van der Waals surface area contributed by atoms with Crippen LogP contribution in [-0.2, 0) is 14.8 Å². The van der Waals surface area contributed by atoms with Gasteiger partial charge in [-0.05, 0) is 31.7 Å².